The molecule has 0 amide bonds. The first-order valence-electron chi connectivity index (χ1n) is 7.58. The summed E-state index contributed by atoms with van der Waals surface area (Å²) < 4.78 is 16.5. The number of aromatic nitrogens is 1. The molecule has 0 fully saturated rings. The van der Waals surface area contributed by atoms with Crippen LogP contribution in [0.2, 0.25) is 0 Å². The maximum atomic E-state index is 12.2. The fourth-order valence-electron chi connectivity index (χ4n) is 2.03. The Labute approximate surface area is 157 Å². The molecule has 0 atom stereocenters. The third-order valence-corrected chi connectivity index (χ3v) is 5.46. The summed E-state index contributed by atoms with van der Waals surface area (Å²) in [4.78, 5) is 28.7. The van der Waals surface area contributed by atoms with Gasteiger partial charge in [0.1, 0.15) is 17.8 Å². The van der Waals surface area contributed by atoms with Crippen LogP contribution < -0.4 is 14.9 Å². The van der Waals surface area contributed by atoms with Crippen LogP contribution in [0.1, 0.15) is 21.8 Å². The second kappa shape index (κ2) is 8.20. The van der Waals surface area contributed by atoms with Crippen molar-refractivity contribution in [2.75, 3.05) is 7.11 Å². The average molecular weight is 389 g/mol. The largest absolute Gasteiger partial charge is 0.497 e. The number of ether oxygens (including phenoxy) is 2. The van der Waals surface area contributed by atoms with Crippen LogP contribution in [0.3, 0.4) is 0 Å². The highest BCUT2D eigenvalue weighted by Gasteiger charge is 2.13. The van der Waals surface area contributed by atoms with Crippen molar-refractivity contribution in [2.45, 2.75) is 17.0 Å². The van der Waals surface area contributed by atoms with Crippen LogP contribution >= 0.6 is 23.1 Å². The van der Waals surface area contributed by atoms with Gasteiger partial charge in [0, 0.05) is 17.1 Å². The Morgan fingerprint density at radius 2 is 2.19 bits per heavy atom. The normalized spacial score (nSPS) is 10.5. The lowest BCUT2D eigenvalue weighted by atomic mass is 10.2. The smallest absolute Gasteiger partial charge is 0.343 e. The summed E-state index contributed by atoms with van der Waals surface area (Å²) in [7, 11) is 1.50. The molecule has 8 heteroatoms. The van der Waals surface area contributed by atoms with Crippen LogP contribution in [0.4, 0.5) is 0 Å². The number of thiazole rings is 1. The highest BCUT2D eigenvalue weighted by atomic mass is 32.2. The Morgan fingerprint density at radius 3 is 2.88 bits per heavy atom. The van der Waals surface area contributed by atoms with Gasteiger partial charge in [-0.3, -0.25) is 4.79 Å². The zero-order valence-electron chi connectivity index (χ0n) is 14.1. The summed E-state index contributed by atoms with van der Waals surface area (Å²) in [6.07, 6.45) is 1.16. The minimum Gasteiger partial charge on any atom is -0.497 e. The number of nitrogens with zero attached hydrogens (tertiary/aromatic N) is 1. The SMILES string of the molecule is COc1cccc(C(=O)Oc2coc(CSc3nc(C)cs3)cc2=O)c1. The molecule has 26 heavy (non-hydrogen) atoms. The Morgan fingerprint density at radius 1 is 1.35 bits per heavy atom. The second-order valence-corrected chi connectivity index (χ2v) is 7.32. The van der Waals surface area contributed by atoms with Crippen molar-refractivity contribution >= 4 is 29.1 Å². The van der Waals surface area contributed by atoms with Crippen LogP contribution in [0.25, 0.3) is 0 Å². The van der Waals surface area contributed by atoms with Gasteiger partial charge in [-0.05, 0) is 25.1 Å². The van der Waals surface area contributed by atoms with Gasteiger partial charge in [-0.25, -0.2) is 9.78 Å². The molecule has 6 nitrogen and oxygen atoms in total. The predicted molar refractivity (Wildman–Crippen MR) is 99.3 cm³/mol. The number of esters is 1. The lowest BCUT2D eigenvalue weighted by Gasteiger charge is -2.05. The van der Waals surface area contributed by atoms with Gasteiger partial charge in [0.15, 0.2) is 4.34 Å². The fourth-order valence-corrected chi connectivity index (χ4v) is 3.77. The summed E-state index contributed by atoms with van der Waals surface area (Å²) in [6, 6.07) is 7.81. The lowest BCUT2D eigenvalue weighted by molar-refractivity contribution is 0.0728. The van der Waals surface area contributed by atoms with Crippen molar-refractivity contribution in [3.63, 3.8) is 0 Å². The van der Waals surface area contributed by atoms with Crippen LogP contribution in [-0.2, 0) is 5.75 Å². The molecule has 2 heterocycles. The summed E-state index contributed by atoms with van der Waals surface area (Å²) in [5, 5.41) is 1.96. The molecule has 0 unspecified atom stereocenters. The van der Waals surface area contributed by atoms with E-state index in [2.05, 4.69) is 4.98 Å². The summed E-state index contributed by atoms with van der Waals surface area (Å²) >= 11 is 3.01. The fraction of sp³-hybridized carbons (Fsp3) is 0.167. The van der Waals surface area contributed by atoms with Crippen LogP contribution in [0, 0.1) is 6.92 Å². The van der Waals surface area contributed by atoms with Gasteiger partial charge in [-0.15, -0.1) is 11.3 Å². The van der Waals surface area contributed by atoms with E-state index in [-0.39, 0.29) is 11.3 Å². The molecule has 0 radical (unpaired) electrons. The van der Waals surface area contributed by atoms with Gasteiger partial charge in [0.05, 0.1) is 18.4 Å². The molecule has 3 rings (SSSR count). The summed E-state index contributed by atoms with van der Waals surface area (Å²) in [6.45, 7) is 1.92. The number of carbonyl (C=O) groups is 1. The van der Waals surface area contributed by atoms with E-state index in [1.807, 2.05) is 12.3 Å². The van der Waals surface area contributed by atoms with Crippen LogP contribution in [0.5, 0.6) is 11.5 Å². The molecular weight excluding hydrogens is 374 g/mol. The Balaban J connectivity index is 1.67. The number of hydrogen-bond acceptors (Lipinski definition) is 8. The minimum absolute atomic E-state index is 0.156. The zero-order chi connectivity index (χ0) is 18.5. The maximum absolute atomic E-state index is 12.2. The van der Waals surface area contributed by atoms with Gasteiger partial charge < -0.3 is 13.9 Å². The van der Waals surface area contributed by atoms with Crippen molar-refractivity contribution in [3.05, 3.63) is 69.2 Å². The molecule has 0 saturated carbocycles. The van der Waals surface area contributed by atoms with E-state index in [1.54, 1.807) is 18.2 Å². The molecule has 0 saturated heterocycles. The van der Waals surface area contributed by atoms with Crippen molar-refractivity contribution in [1.29, 1.82) is 0 Å². The van der Waals surface area contributed by atoms with Crippen LogP contribution in [0.15, 0.2) is 55.5 Å². The van der Waals surface area contributed by atoms with E-state index >= 15 is 0 Å². The topological polar surface area (TPSA) is 78.6 Å². The van der Waals surface area contributed by atoms with E-state index in [1.165, 1.54) is 42.3 Å². The van der Waals surface area contributed by atoms with Crippen molar-refractivity contribution in [2.24, 2.45) is 0 Å². The third kappa shape index (κ3) is 4.53. The van der Waals surface area contributed by atoms with E-state index < -0.39 is 11.4 Å². The van der Waals surface area contributed by atoms with E-state index in [0.717, 1.165) is 16.3 Å². The Hall–Kier alpha value is -2.58. The highest BCUT2D eigenvalue weighted by molar-refractivity contribution is 8.00. The highest BCUT2D eigenvalue weighted by Crippen LogP contribution is 2.26. The van der Waals surface area contributed by atoms with Gasteiger partial charge >= 0.3 is 5.97 Å². The molecule has 0 spiro atoms. The molecule has 0 N–H and O–H groups in total. The van der Waals surface area contributed by atoms with E-state index in [9.17, 15) is 9.59 Å². The van der Waals surface area contributed by atoms with Gasteiger partial charge in [-0.1, -0.05) is 17.8 Å². The first-order valence-corrected chi connectivity index (χ1v) is 9.44. The third-order valence-electron chi connectivity index (χ3n) is 3.30. The molecule has 3 aromatic rings. The molecular formula is C18H15NO5S2. The van der Waals surface area contributed by atoms with Crippen LogP contribution in [-0.4, -0.2) is 18.1 Å². The molecule has 0 aliphatic rings. The zero-order valence-corrected chi connectivity index (χ0v) is 15.7. The average Bonchev–Trinajstić information content (AvgIpc) is 3.07. The number of benzene rings is 1. The number of thioether (sulfide) groups is 1. The molecule has 0 aliphatic heterocycles. The Kier molecular flexibility index (Phi) is 5.75. The molecule has 0 aliphatic carbocycles. The minimum atomic E-state index is -0.656. The quantitative estimate of drug-likeness (QED) is 0.467. The number of aryl methyl sites for hydroxylation is 1. The maximum Gasteiger partial charge on any atom is 0.343 e. The standard InChI is InChI=1S/C18H15NO5S2/c1-11-9-25-18(19-11)26-10-14-7-15(20)16(8-23-14)24-17(21)12-4-3-5-13(6-12)22-2/h3-9H,10H2,1-2H3. The van der Waals surface area contributed by atoms with E-state index in [4.69, 9.17) is 13.9 Å². The van der Waals surface area contributed by atoms with Gasteiger partial charge in [-0.2, -0.15) is 0 Å². The molecule has 2 aromatic heterocycles. The van der Waals surface area contributed by atoms with Gasteiger partial charge in [0.25, 0.3) is 0 Å². The summed E-state index contributed by atoms with van der Waals surface area (Å²) in [5.74, 6) is 0.658. The van der Waals surface area contributed by atoms with Gasteiger partial charge in [0.2, 0.25) is 11.2 Å². The summed E-state index contributed by atoms with van der Waals surface area (Å²) in [5.41, 5.74) is 0.819. The van der Waals surface area contributed by atoms with E-state index in [0.29, 0.717) is 17.3 Å². The first kappa shape index (κ1) is 18.2. The van der Waals surface area contributed by atoms with Crippen molar-refractivity contribution in [3.8, 4) is 11.5 Å². The monoisotopic (exact) mass is 389 g/mol. The molecule has 134 valence electrons. The first-order chi connectivity index (χ1) is 12.5. The lowest BCUT2D eigenvalue weighted by Crippen LogP contribution is -2.14. The number of methoxy groups -OCH3 is 1. The van der Waals surface area contributed by atoms with Crippen molar-refractivity contribution < 1.29 is 18.7 Å². The molecule has 0 bridgehead atoms. The number of hydrogen-bond donors (Lipinski definition) is 0. The predicted octanol–water partition coefficient (Wildman–Crippen LogP) is 3.92. The Bertz CT molecular complexity index is 979. The number of carbonyl (C=O) groups excluding carboxylic acids is 1. The number of rotatable bonds is 6. The second-order valence-electron chi connectivity index (χ2n) is 5.24. The van der Waals surface area contributed by atoms with Crippen molar-refractivity contribution in [1.82, 2.24) is 4.98 Å². The molecule has 1 aromatic carbocycles.